The summed E-state index contributed by atoms with van der Waals surface area (Å²) in [6.45, 7) is 8.04. The zero-order valence-electron chi connectivity index (χ0n) is 18.2. The minimum absolute atomic E-state index is 0.0451. The van der Waals surface area contributed by atoms with Gasteiger partial charge in [0.05, 0.1) is 31.4 Å². The van der Waals surface area contributed by atoms with Crippen LogP contribution in [-0.4, -0.2) is 61.5 Å². The highest BCUT2D eigenvalue weighted by Gasteiger charge is 2.30. The van der Waals surface area contributed by atoms with Gasteiger partial charge in [0.15, 0.2) is 0 Å². The van der Waals surface area contributed by atoms with Gasteiger partial charge in [-0.2, -0.15) is 0 Å². The van der Waals surface area contributed by atoms with Crippen LogP contribution in [-0.2, 0) is 20.8 Å². The van der Waals surface area contributed by atoms with E-state index < -0.39 is 0 Å². The zero-order valence-corrected chi connectivity index (χ0v) is 18.2. The minimum atomic E-state index is -0.308. The van der Waals surface area contributed by atoms with Crippen LogP contribution in [0, 0.1) is 11.7 Å². The Balaban J connectivity index is 1.68. The molecule has 0 N–H and O–H groups in total. The Morgan fingerprint density at radius 3 is 2.61 bits per heavy atom. The molecule has 31 heavy (non-hydrogen) atoms. The average molecular weight is 432 g/mol. The molecular formula is C23H30FN3O4. The fourth-order valence-electron chi connectivity index (χ4n) is 4.12. The van der Waals surface area contributed by atoms with Crippen molar-refractivity contribution in [1.29, 1.82) is 0 Å². The van der Waals surface area contributed by atoms with Crippen molar-refractivity contribution in [2.45, 2.75) is 39.3 Å². The number of hydrogen-bond donors (Lipinski definition) is 0. The van der Waals surface area contributed by atoms with Gasteiger partial charge in [0, 0.05) is 37.7 Å². The summed E-state index contributed by atoms with van der Waals surface area (Å²) in [4.78, 5) is 17.0. The van der Waals surface area contributed by atoms with E-state index in [1.807, 2.05) is 18.7 Å². The maximum atomic E-state index is 13.5. The normalized spacial score (nSPS) is 19.2. The topological polar surface area (TPSA) is 68.0 Å². The Bertz CT molecular complexity index is 871. The number of nitrogens with zero attached hydrogens (tertiary/aromatic N) is 3. The second-order valence-corrected chi connectivity index (χ2v) is 8.43. The summed E-state index contributed by atoms with van der Waals surface area (Å²) < 4.78 is 30.6. The highest BCUT2D eigenvalue weighted by molar-refractivity contribution is 5.79. The quantitative estimate of drug-likeness (QED) is 0.669. The van der Waals surface area contributed by atoms with Crippen molar-refractivity contribution in [3.05, 3.63) is 35.6 Å². The standard InChI is InChI=1S/C23H30FN3O4/c1-16(2)22(28)27(14-19-4-3-11-30-19)15-20-21(17-5-7-18(24)8-6-17)25-31-23(20)26-9-12-29-13-10-26/h5-8,16,19H,3-4,9-15H2,1-2H3. The Morgan fingerprint density at radius 1 is 1.23 bits per heavy atom. The van der Waals surface area contributed by atoms with Gasteiger partial charge >= 0.3 is 0 Å². The molecular weight excluding hydrogens is 401 g/mol. The number of carbonyl (C=O) groups is 1. The molecule has 1 aromatic heterocycles. The monoisotopic (exact) mass is 431 g/mol. The molecule has 4 rings (SSSR count). The summed E-state index contributed by atoms with van der Waals surface area (Å²) >= 11 is 0. The molecule has 0 spiro atoms. The average Bonchev–Trinajstić information content (AvgIpc) is 3.44. The van der Waals surface area contributed by atoms with Gasteiger partial charge in [-0.15, -0.1) is 0 Å². The first kappa shape index (κ1) is 21.8. The molecule has 7 nitrogen and oxygen atoms in total. The Labute approximate surface area is 182 Å². The maximum absolute atomic E-state index is 13.5. The molecule has 0 radical (unpaired) electrons. The summed E-state index contributed by atoms with van der Waals surface area (Å²) in [5, 5.41) is 4.33. The molecule has 0 saturated carbocycles. The van der Waals surface area contributed by atoms with Crippen molar-refractivity contribution in [2.24, 2.45) is 5.92 Å². The van der Waals surface area contributed by atoms with Crippen LogP contribution in [0.4, 0.5) is 10.3 Å². The van der Waals surface area contributed by atoms with Crippen molar-refractivity contribution in [2.75, 3.05) is 44.4 Å². The molecule has 2 aliphatic heterocycles. The first-order valence-electron chi connectivity index (χ1n) is 11.0. The molecule has 0 bridgehead atoms. The number of benzene rings is 1. The van der Waals surface area contributed by atoms with Crippen LogP contribution in [0.1, 0.15) is 32.3 Å². The zero-order chi connectivity index (χ0) is 21.8. The number of rotatable bonds is 7. The number of amides is 1. The van der Waals surface area contributed by atoms with Gasteiger partial charge in [0.2, 0.25) is 11.8 Å². The van der Waals surface area contributed by atoms with Crippen molar-refractivity contribution in [3.8, 4) is 11.3 Å². The Kier molecular flexibility index (Phi) is 6.87. The molecule has 0 aliphatic carbocycles. The van der Waals surface area contributed by atoms with Gasteiger partial charge < -0.3 is 23.8 Å². The van der Waals surface area contributed by atoms with Gasteiger partial charge in [-0.1, -0.05) is 19.0 Å². The van der Waals surface area contributed by atoms with Gasteiger partial charge in [-0.25, -0.2) is 4.39 Å². The van der Waals surface area contributed by atoms with Crippen LogP contribution in [0.3, 0.4) is 0 Å². The van der Waals surface area contributed by atoms with Gasteiger partial charge in [0.25, 0.3) is 0 Å². The van der Waals surface area contributed by atoms with Gasteiger partial charge in [-0.3, -0.25) is 4.79 Å². The van der Waals surface area contributed by atoms with Crippen molar-refractivity contribution in [3.63, 3.8) is 0 Å². The molecule has 8 heteroatoms. The summed E-state index contributed by atoms with van der Waals surface area (Å²) in [5.74, 6) is 0.269. The predicted octanol–water partition coefficient (Wildman–Crippen LogP) is 3.48. The first-order valence-corrected chi connectivity index (χ1v) is 11.0. The van der Waals surface area contributed by atoms with E-state index in [2.05, 4.69) is 10.1 Å². The molecule has 3 heterocycles. The van der Waals surface area contributed by atoms with Crippen molar-refractivity contribution < 1.29 is 23.2 Å². The molecule has 2 fully saturated rings. The minimum Gasteiger partial charge on any atom is -0.378 e. The molecule has 1 atom stereocenters. The predicted molar refractivity (Wildman–Crippen MR) is 114 cm³/mol. The van der Waals surface area contributed by atoms with Gasteiger partial charge in [-0.05, 0) is 37.1 Å². The number of anilines is 1. The SMILES string of the molecule is CC(C)C(=O)N(Cc1c(-c2ccc(F)cc2)noc1N1CCOCC1)CC1CCCO1. The van der Waals surface area contributed by atoms with E-state index in [0.29, 0.717) is 51.0 Å². The molecule has 1 unspecified atom stereocenters. The fourth-order valence-corrected chi connectivity index (χ4v) is 4.12. The third-order valence-corrected chi connectivity index (χ3v) is 5.79. The lowest BCUT2D eigenvalue weighted by Gasteiger charge is -2.30. The molecule has 2 aromatic rings. The third kappa shape index (κ3) is 5.07. The van der Waals surface area contributed by atoms with E-state index in [9.17, 15) is 9.18 Å². The highest BCUT2D eigenvalue weighted by atomic mass is 19.1. The summed E-state index contributed by atoms with van der Waals surface area (Å²) in [7, 11) is 0. The van der Waals surface area contributed by atoms with E-state index in [1.165, 1.54) is 12.1 Å². The number of aromatic nitrogens is 1. The van der Waals surface area contributed by atoms with E-state index in [-0.39, 0.29) is 23.7 Å². The smallest absolute Gasteiger partial charge is 0.233 e. The summed E-state index contributed by atoms with van der Waals surface area (Å²) in [6, 6.07) is 6.19. The number of morpholine rings is 1. The molecule has 168 valence electrons. The maximum Gasteiger partial charge on any atom is 0.233 e. The Hall–Kier alpha value is -2.45. The molecule has 2 aliphatic rings. The number of ether oxygens (including phenoxy) is 2. The van der Waals surface area contributed by atoms with E-state index in [4.69, 9.17) is 14.0 Å². The van der Waals surface area contributed by atoms with Crippen LogP contribution in [0.25, 0.3) is 11.3 Å². The number of carbonyl (C=O) groups excluding carboxylic acids is 1. The Morgan fingerprint density at radius 2 is 1.97 bits per heavy atom. The lowest BCUT2D eigenvalue weighted by Crippen LogP contribution is -2.40. The number of hydrogen-bond acceptors (Lipinski definition) is 6. The van der Waals surface area contributed by atoms with E-state index in [1.54, 1.807) is 12.1 Å². The van der Waals surface area contributed by atoms with Crippen molar-refractivity contribution >= 4 is 11.8 Å². The van der Waals surface area contributed by atoms with Crippen LogP contribution in [0.2, 0.25) is 0 Å². The van der Waals surface area contributed by atoms with E-state index >= 15 is 0 Å². The molecule has 2 saturated heterocycles. The molecule has 1 amide bonds. The largest absolute Gasteiger partial charge is 0.378 e. The lowest BCUT2D eigenvalue weighted by molar-refractivity contribution is -0.136. The highest BCUT2D eigenvalue weighted by Crippen LogP contribution is 2.33. The van der Waals surface area contributed by atoms with E-state index in [0.717, 1.165) is 30.6 Å². The summed E-state index contributed by atoms with van der Waals surface area (Å²) in [6.07, 6.45) is 2.01. The van der Waals surface area contributed by atoms with Gasteiger partial charge in [0.1, 0.15) is 11.5 Å². The summed E-state index contributed by atoms with van der Waals surface area (Å²) in [5.41, 5.74) is 2.23. The van der Waals surface area contributed by atoms with Crippen LogP contribution < -0.4 is 4.90 Å². The van der Waals surface area contributed by atoms with Crippen LogP contribution >= 0.6 is 0 Å². The first-order chi connectivity index (χ1) is 15.0. The van der Waals surface area contributed by atoms with Crippen molar-refractivity contribution in [1.82, 2.24) is 10.1 Å². The number of halogens is 1. The second kappa shape index (κ2) is 9.78. The fraction of sp³-hybridized carbons (Fsp3) is 0.565. The second-order valence-electron chi connectivity index (χ2n) is 8.43. The molecule has 1 aromatic carbocycles. The third-order valence-electron chi connectivity index (χ3n) is 5.79. The lowest BCUT2D eigenvalue weighted by atomic mass is 10.0. The van der Waals surface area contributed by atoms with Crippen LogP contribution in [0.15, 0.2) is 28.8 Å². The van der Waals surface area contributed by atoms with Crippen LogP contribution in [0.5, 0.6) is 0 Å².